The Morgan fingerprint density at radius 1 is 1.38 bits per heavy atom. The molecule has 0 aliphatic heterocycles. The van der Waals surface area contributed by atoms with E-state index < -0.39 is 0 Å². The smallest absolute Gasteiger partial charge is 0.196 e. The van der Waals surface area contributed by atoms with Crippen LogP contribution in [0.15, 0.2) is 22.0 Å². The van der Waals surface area contributed by atoms with E-state index in [1.807, 2.05) is 24.4 Å². The third kappa shape index (κ3) is 2.36. The van der Waals surface area contributed by atoms with E-state index in [-0.39, 0.29) is 11.6 Å². The van der Waals surface area contributed by atoms with Gasteiger partial charge in [-0.1, -0.05) is 0 Å². The predicted octanol–water partition coefficient (Wildman–Crippen LogP) is 3.48. The largest absolute Gasteiger partial charge is 0.291 e. The Hall–Kier alpha value is -1.07. The van der Waals surface area contributed by atoms with Gasteiger partial charge in [0.05, 0.1) is 10.6 Å². The van der Waals surface area contributed by atoms with Crippen LogP contribution in [-0.2, 0) is 0 Å². The highest BCUT2D eigenvalue weighted by Crippen LogP contribution is 2.28. The van der Waals surface area contributed by atoms with Crippen LogP contribution in [0.3, 0.4) is 0 Å². The second-order valence-electron chi connectivity index (χ2n) is 3.40. The fourth-order valence-corrected chi connectivity index (χ4v) is 2.69. The summed E-state index contributed by atoms with van der Waals surface area (Å²) >= 11 is 4.98. The van der Waals surface area contributed by atoms with Gasteiger partial charge in [-0.15, -0.1) is 11.3 Å². The van der Waals surface area contributed by atoms with Crippen molar-refractivity contribution in [3.63, 3.8) is 0 Å². The van der Waals surface area contributed by atoms with E-state index in [9.17, 15) is 4.79 Å². The van der Waals surface area contributed by atoms with Crippen LogP contribution in [0.25, 0.3) is 10.6 Å². The summed E-state index contributed by atoms with van der Waals surface area (Å²) in [6.45, 7) is 3.34. The highest BCUT2D eigenvalue weighted by atomic mass is 79.9. The summed E-state index contributed by atoms with van der Waals surface area (Å²) < 4.78 is 1.02. The van der Waals surface area contributed by atoms with Gasteiger partial charge in [0.15, 0.2) is 11.6 Å². The molecule has 0 atom stereocenters. The minimum atomic E-state index is -0.111. The topological polar surface area (TPSA) is 42.9 Å². The molecule has 0 N–H and O–H groups in total. The van der Waals surface area contributed by atoms with Crippen LogP contribution in [0.4, 0.5) is 0 Å². The highest BCUT2D eigenvalue weighted by Gasteiger charge is 2.09. The summed E-state index contributed by atoms with van der Waals surface area (Å²) in [6.07, 6.45) is 0. The Morgan fingerprint density at radius 3 is 2.69 bits per heavy atom. The van der Waals surface area contributed by atoms with Crippen molar-refractivity contribution >= 4 is 33.0 Å². The Kier molecular flexibility index (Phi) is 3.16. The first-order valence-electron chi connectivity index (χ1n) is 4.67. The lowest BCUT2D eigenvalue weighted by Crippen LogP contribution is -2.03. The molecule has 2 aromatic heterocycles. The number of carbonyl (C=O) groups excluding carboxylic acids is 1. The summed E-state index contributed by atoms with van der Waals surface area (Å²) in [6, 6.07) is 3.86. The number of thiophene rings is 1. The molecule has 5 heteroatoms. The Labute approximate surface area is 106 Å². The number of aromatic nitrogens is 2. The molecule has 2 rings (SSSR count). The van der Waals surface area contributed by atoms with E-state index in [4.69, 9.17) is 0 Å². The zero-order valence-electron chi connectivity index (χ0n) is 8.82. The monoisotopic (exact) mass is 296 g/mol. The first kappa shape index (κ1) is 11.4. The number of carbonyl (C=O) groups is 1. The van der Waals surface area contributed by atoms with Crippen LogP contribution >= 0.6 is 27.3 Å². The molecule has 0 aliphatic carbocycles. The molecular formula is C11H9BrN2OS. The average molecular weight is 297 g/mol. The van der Waals surface area contributed by atoms with Crippen LogP contribution in [0.5, 0.6) is 0 Å². The molecule has 0 saturated heterocycles. The maximum atomic E-state index is 11.3. The van der Waals surface area contributed by atoms with Gasteiger partial charge in [-0.2, -0.15) is 0 Å². The van der Waals surface area contributed by atoms with Gasteiger partial charge in [0.2, 0.25) is 0 Å². The molecule has 0 bridgehead atoms. The molecule has 2 heterocycles. The maximum Gasteiger partial charge on any atom is 0.196 e. The van der Waals surface area contributed by atoms with Gasteiger partial charge in [0, 0.05) is 22.5 Å². The van der Waals surface area contributed by atoms with Gasteiger partial charge in [-0.3, -0.25) is 4.79 Å². The Morgan fingerprint density at radius 2 is 2.12 bits per heavy atom. The number of halogens is 1. The number of rotatable bonds is 2. The summed E-state index contributed by atoms with van der Waals surface area (Å²) in [7, 11) is 0. The van der Waals surface area contributed by atoms with Crippen molar-refractivity contribution in [2.24, 2.45) is 0 Å². The van der Waals surface area contributed by atoms with Crippen LogP contribution < -0.4 is 0 Å². The van der Waals surface area contributed by atoms with Crippen molar-refractivity contribution in [1.82, 2.24) is 9.97 Å². The van der Waals surface area contributed by atoms with E-state index in [0.717, 1.165) is 20.7 Å². The van der Waals surface area contributed by atoms with Crippen molar-refractivity contribution in [2.75, 3.05) is 0 Å². The molecule has 0 spiro atoms. The molecule has 3 nitrogen and oxygen atoms in total. The first-order valence-corrected chi connectivity index (χ1v) is 6.34. The lowest BCUT2D eigenvalue weighted by Gasteiger charge is -2.01. The summed E-state index contributed by atoms with van der Waals surface area (Å²) in [5.74, 6) is 0.167. The molecule has 0 aromatic carbocycles. The van der Waals surface area contributed by atoms with Crippen molar-refractivity contribution < 1.29 is 4.79 Å². The van der Waals surface area contributed by atoms with Crippen LogP contribution in [0.2, 0.25) is 0 Å². The second kappa shape index (κ2) is 4.43. The fourth-order valence-electron chi connectivity index (χ4n) is 1.30. The Balaban J connectivity index is 2.53. The van der Waals surface area contributed by atoms with Crippen molar-refractivity contribution in [2.45, 2.75) is 13.8 Å². The first-order chi connectivity index (χ1) is 7.56. The highest BCUT2D eigenvalue weighted by molar-refractivity contribution is 9.10. The number of hydrogen-bond acceptors (Lipinski definition) is 4. The average Bonchev–Trinajstić information content (AvgIpc) is 2.64. The van der Waals surface area contributed by atoms with E-state index >= 15 is 0 Å². The molecule has 0 fully saturated rings. The predicted molar refractivity (Wildman–Crippen MR) is 67.8 cm³/mol. The summed E-state index contributed by atoms with van der Waals surface area (Å²) in [4.78, 5) is 20.6. The van der Waals surface area contributed by atoms with Gasteiger partial charge in [-0.25, -0.2) is 9.97 Å². The third-order valence-electron chi connectivity index (χ3n) is 1.99. The zero-order chi connectivity index (χ0) is 11.7. The number of Topliss-reactive ketones (excluding diaryl/α,β-unsaturated/α-hetero) is 1. The quantitative estimate of drug-likeness (QED) is 0.797. The fraction of sp³-hybridized carbons (Fsp3) is 0.182. The van der Waals surface area contributed by atoms with Gasteiger partial charge >= 0.3 is 0 Å². The third-order valence-corrected chi connectivity index (χ3v) is 3.70. The van der Waals surface area contributed by atoms with Crippen LogP contribution in [-0.4, -0.2) is 15.8 Å². The number of nitrogens with zero attached hydrogens (tertiary/aromatic N) is 2. The van der Waals surface area contributed by atoms with E-state index in [0.29, 0.717) is 0 Å². The molecule has 0 radical (unpaired) electrons. The lowest BCUT2D eigenvalue weighted by molar-refractivity contribution is 0.100. The van der Waals surface area contributed by atoms with Crippen molar-refractivity contribution in [3.8, 4) is 10.6 Å². The van der Waals surface area contributed by atoms with Gasteiger partial charge in [0.25, 0.3) is 0 Å². The number of ketones is 1. The molecule has 2 aromatic rings. The molecule has 0 unspecified atom stereocenters. The molecule has 0 saturated carbocycles. The van der Waals surface area contributed by atoms with E-state index in [1.165, 1.54) is 6.92 Å². The van der Waals surface area contributed by atoms with Gasteiger partial charge in [0.1, 0.15) is 0 Å². The maximum absolute atomic E-state index is 11.3. The van der Waals surface area contributed by atoms with Crippen LogP contribution in [0, 0.1) is 6.92 Å². The van der Waals surface area contributed by atoms with Gasteiger partial charge in [-0.05, 0) is 35.0 Å². The molecule has 0 amide bonds. The lowest BCUT2D eigenvalue weighted by atomic mass is 10.2. The summed E-state index contributed by atoms with van der Waals surface area (Å²) in [5.41, 5.74) is 1.60. The second-order valence-corrected chi connectivity index (χ2v) is 5.23. The van der Waals surface area contributed by atoms with Gasteiger partial charge < -0.3 is 0 Å². The minimum Gasteiger partial charge on any atom is -0.291 e. The molecule has 82 valence electrons. The number of hydrogen-bond donors (Lipinski definition) is 0. The molecule has 0 aliphatic rings. The molecule has 16 heavy (non-hydrogen) atoms. The van der Waals surface area contributed by atoms with E-state index in [2.05, 4.69) is 25.9 Å². The minimum absolute atomic E-state index is 0.111. The number of aryl methyl sites for hydroxylation is 1. The van der Waals surface area contributed by atoms with E-state index in [1.54, 1.807) is 11.3 Å². The standard InChI is InChI=1S/C11H9BrN2OS/c1-6-3-9(10-4-8(12)5-16-10)14-11(13-6)7(2)15/h3-5H,1-2H3. The Bertz CT molecular complexity index is 551. The van der Waals surface area contributed by atoms with Crippen LogP contribution in [0.1, 0.15) is 23.2 Å². The molecular weight excluding hydrogens is 288 g/mol. The van der Waals surface area contributed by atoms with Crippen molar-refractivity contribution in [3.05, 3.63) is 33.5 Å². The SMILES string of the molecule is CC(=O)c1nc(C)cc(-c2cc(Br)cs2)n1. The summed E-state index contributed by atoms with van der Waals surface area (Å²) in [5, 5.41) is 1.99. The normalized spacial score (nSPS) is 10.4. The van der Waals surface area contributed by atoms with Crippen molar-refractivity contribution in [1.29, 1.82) is 0 Å². The zero-order valence-corrected chi connectivity index (χ0v) is 11.2.